The van der Waals surface area contributed by atoms with E-state index >= 15 is 0 Å². The molecule has 0 heterocycles. The van der Waals surface area contributed by atoms with Gasteiger partial charge in [0, 0.05) is 11.6 Å². The number of carbonyl (C=O) groups is 1. The largest absolute Gasteiger partial charge is 0.496 e. The number of ether oxygens (including phenoxy) is 2. The molecule has 2 aromatic rings. The molecule has 0 aliphatic heterocycles. The summed E-state index contributed by atoms with van der Waals surface area (Å²) in [7, 11) is 1.63. The Balaban J connectivity index is 1.80. The molecule has 0 radical (unpaired) electrons. The Hall–Kier alpha value is -2.55. The van der Waals surface area contributed by atoms with Crippen LogP contribution in [0.2, 0.25) is 0 Å². The molecular weight excluding hydrogens is 288 g/mol. The highest BCUT2D eigenvalue weighted by molar-refractivity contribution is 5.87. The Morgan fingerprint density at radius 1 is 1.09 bits per heavy atom. The first-order valence-electron chi connectivity index (χ1n) is 7.73. The minimum absolute atomic E-state index is 0.332. The predicted octanol–water partition coefficient (Wildman–Crippen LogP) is 4.19. The van der Waals surface area contributed by atoms with Crippen molar-refractivity contribution in [1.29, 1.82) is 0 Å². The molecular formula is C20H22O3. The van der Waals surface area contributed by atoms with Crippen LogP contribution < -0.4 is 4.74 Å². The molecule has 0 aliphatic rings. The van der Waals surface area contributed by atoms with E-state index in [4.69, 9.17) is 9.47 Å². The summed E-state index contributed by atoms with van der Waals surface area (Å²) in [6, 6.07) is 16.0. The molecule has 0 fully saturated rings. The molecule has 3 nitrogen and oxygen atoms in total. The van der Waals surface area contributed by atoms with Crippen LogP contribution in [0.25, 0.3) is 6.08 Å². The van der Waals surface area contributed by atoms with Gasteiger partial charge in [-0.2, -0.15) is 0 Å². The molecule has 3 heteroatoms. The van der Waals surface area contributed by atoms with Crippen molar-refractivity contribution < 1.29 is 14.3 Å². The van der Waals surface area contributed by atoms with Gasteiger partial charge in [0.15, 0.2) is 0 Å². The molecule has 120 valence electrons. The maximum atomic E-state index is 11.8. The van der Waals surface area contributed by atoms with Crippen molar-refractivity contribution in [3.63, 3.8) is 0 Å². The summed E-state index contributed by atoms with van der Waals surface area (Å²) in [5.74, 6) is 0.447. The number of rotatable bonds is 7. The van der Waals surface area contributed by atoms with Crippen molar-refractivity contribution in [1.82, 2.24) is 0 Å². The molecule has 0 amide bonds. The summed E-state index contributed by atoms with van der Waals surface area (Å²) in [4.78, 5) is 11.8. The zero-order valence-corrected chi connectivity index (χ0v) is 13.6. The van der Waals surface area contributed by atoms with E-state index in [1.165, 1.54) is 11.6 Å². The Morgan fingerprint density at radius 2 is 1.87 bits per heavy atom. The van der Waals surface area contributed by atoms with Gasteiger partial charge >= 0.3 is 5.97 Å². The molecule has 0 aromatic heterocycles. The van der Waals surface area contributed by atoms with Crippen molar-refractivity contribution in [2.75, 3.05) is 13.7 Å². The van der Waals surface area contributed by atoms with Crippen molar-refractivity contribution in [3.05, 3.63) is 71.3 Å². The SMILES string of the molecule is COc1c(C)cccc1/C=C/C(=O)OCCCc1ccccc1. The minimum atomic E-state index is -0.332. The van der Waals surface area contributed by atoms with Crippen LogP contribution in [0.1, 0.15) is 23.1 Å². The van der Waals surface area contributed by atoms with Crippen molar-refractivity contribution in [2.45, 2.75) is 19.8 Å². The Labute approximate surface area is 137 Å². The fourth-order valence-electron chi connectivity index (χ4n) is 2.38. The van der Waals surface area contributed by atoms with E-state index in [1.807, 2.05) is 43.3 Å². The van der Waals surface area contributed by atoms with Crippen LogP contribution in [-0.2, 0) is 16.0 Å². The summed E-state index contributed by atoms with van der Waals surface area (Å²) in [5.41, 5.74) is 3.16. The van der Waals surface area contributed by atoms with Crippen LogP contribution in [0, 0.1) is 6.92 Å². The first-order chi connectivity index (χ1) is 11.2. The maximum Gasteiger partial charge on any atom is 0.330 e. The zero-order valence-electron chi connectivity index (χ0n) is 13.6. The molecule has 0 unspecified atom stereocenters. The van der Waals surface area contributed by atoms with Crippen LogP contribution >= 0.6 is 0 Å². The number of benzene rings is 2. The first kappa shape index (κ1) is 16.8. The molecule has 2 rings (SSSR count). The van der Waals surface area contributed by atoms with Gasteiger partial charge in [-0.05, 0) is 37.0 Å². The van der Waals surface area contributed by atoms with E-state index < -0.39 is 0 Å². The summed E-state index contributed by atoms with van der Waals surface area (Å²) in [5, 5.41) is 0. The third kappa shape index (κ3) is 5.29. The number of hydrogen-bond donors (Lipinski definition) is 0. The molecule has 2 aromatic carbocycles. The predicted molar refractivity (Wildman–Crippen MR) is 92.5 cm³/mol. The lowest BCUT2D eigenvalue weighted by Crippen LogP contribution is -2.03. The van der Waals surface area contributed by atoms with Gasteiger partial charge in [0.2, 0.25) is 0 Å². The molecule has 23 heavy (non-hydrogen) atoms. The molecule has 0 spiro atoms. The van der Waals surface area contributed by atoms with Gasteiger partial charge in [0.05, 0.1) is 13.7 Å². The lowest BCUT2D eigenvalue weighted by atomic mass is 10.1. The average Bonchev–Trinajstić information content (AvgIpc) is 2.58. The molecule has 0 atom stereocenters. The Morgan fingerprint density at radius 3 is 2.61 bits per heavy atom. The highest BCUT2D eigenvalue weighted by atomic mass is 16.5. The Bertz CT molecular complexity index is 660. The lowest BCUT2D eigenvalue weighted by molar-refractivity contribution is -0.137. The van der Waals surface area contributed by atoms with E-state index in [0.717, 1.165) is 29.7 Å². The normalized spacial score (nSPS) is 10.7. The summed E-state index contributed by atoms with van der Waals surface area (Å²) >= 11 is 0. The summed E-state index contributed by atoms with van der Waals surface area (Å²) in [6.07, 6.45) is 4.89. The molecule has 0 bridgehead atoms. The van der Waals surface area contributed by atoms with Crippen molar-refractivity contribution in [3.8, 4) is 5.75 Å². The van der Waals surface area contributed by atoms with E-state index in [2.05, 4.69) is 12.1 Å². The van der Waals surface area contributed by atoms with Crippen molar-refractivity contribution >= 4 is 12.0 Å². The number of hydrogen-bond acceptors (Lipinski definition) is 3. The first-order valence-corrected chi connectivity index (χ1v) is 7.73. The van der Waals surface area contributed by atoms with Gasteiger partial charge < -0.3 is 9.47 Å². The van der Waals surface area contributed by atoms with E-state index in [0.29, 0.717) is 6.61 Å². The highest BCUT2D eigenvalue weighted by Crippen LogP contribution is 2.23. The van der Waals surface area contributed by atoms with E-state index in [-0.39, 0.29) is 5.97 Å². The molecule has 0 N–H and O–H groups in total. The third-order valence-electron chi connectivity index (χ3n) is 3.54. The van der Waals surface area contributed by atoms with Gasteiger partial charge in [-0.25, -0.2) is 4.79 Å². The maximum absolute atomic E-state index is 11.8. The van der Waals surface area contributed by atoms with Gasteiger partial charge in [-0.1, -0.05) is 48.5 Å². The number of methoxy groups -OCH3 is 1. The van der Waals surface area contributed by atoms with Gasteiger partial charge in [-0.3, -0.25) is 0 Å². The Kier molecular flexibility index (Phi) is 6.42. The number of esters is 1. The standard InChI is InChI=1S/C20H22O3/c1-16-8-6-12-18(20(16)22-2)13-14-19(21)23-15-7-11-17-9-4-3-5-10-17/h3-6,8-10,12-14H,7,11,15H2,1-2H3/b14-13+. The van der Waals surface area contributed by atoms with Crippen LogP contribution in [0.3, 0.4) is 0 Å². The fraction of sp³-hybridized carbons (Fsp3) is 0.250. The second-order valence-corrected chi connectivity index (χ2v) is 5.29. The average molecular weight is 310 g/mol. The second-order valence-electron chi connectivity index (χ2n) is 5.29. The summed E-state index contributed by atoms with van der Waals surface area (Å²) in [6.45, 7) is 2.39. The molecule has 0 aliphatic carbocycles. The van der Waals surface area contributed by atoms with E-state index in [1.54, 1.807) is 13.2 Å². The van der Waals surface area contributed by atoms with Crippen molar-refractivity contribution in [2.24, 2.45) is 0 Å². The van der Waals surface area contributed by atoms with Crippen LogP contribution in [-0.4, -0.2) is 19.7 Å². The smallest absolute Gasteiger partial charge is 0.330 e. The quantitative estimate of drug-likeness (QED) is 0.437. The number of aryl methyl sites for hydroxylation is 2. The fourth-order valence-corrected chi connectivity index (χ4v) is 2.38. The van der Waals surface area contributed by atoms with Crippen LogP contribution in [0.15, 0.2) is 54.6 Å². The van der Waals surface area contributed by atoms with Crippen LogP contribution in [0.5, 0.6) is 5.75 Å². The van der Waals surface area contributed by atoms with Gasteiger partial charge in [0.25, 0.3) is 0 Å². The molecule has 0 saturated carbocycles. The summed E-state index contributed by atoms with van der Waals surface area (Å²) < 4.78 is 10.6. The minimum Gasteiger partial charge on any atom is -0.496 e. The van der Waals surface area contributed by atoms with E-state index in [9.17, 15) is 4.79 Å². The van der Waals surface area contributed by atoms with Gasteiger partial charge in [-0.15, -0.1) is 0 Å². The lowest BCUT2D eigenvalue weighted by Gasteiger charge is -2.07. The van der Waals surface area contributed by atoms with Crippen LogP contribution in [0.4, 0.5) is 0 Å². The van der Waals surface area contributed by atoms with Gasteiger partial charge in [0.1, 0.15) is 5.75 Å². The zero-order chi connectivity index (χ0) is 16.5. The molecule has 0 saturated heterocycles. The number of carbonyl (C=O) groups excluding carboxylic acids is 1. The highest BCUT2D eigenvalue weighted by Gasteiger charge is 2.04. The third-order valence-corrected chi connectivity index (χ3v) is 3.54. The second kappa shape index (κ2) is 8.79. The number of para-hydroxylation sites is 1. The topological polar surface area (TPSA) is 35.5 Å². The monoisotopic (exact) mass is 310 g/mol.